The fourth-order valence-corrected chi connectivity index (χ4v) is 4.53. The molecule has 122 valence electrons. The highest BCUT2D eigenvalue weighted by Crippen LogP contribution is 2.19. The van der Waals surface area contributed by atoms with E-state index in [9.17, 15) is 13.2 Å². The first-order valence-corrected chi connectivity index (χ1v) is 9.28. The summed E-state index contributed by atoms with van der Waals surface area (Å²) < 4.78 is 28.4. The number of nitrogens with zero attached hydrogens (tertiary/aromatic N) is 1. The van der Waals surface area contributed by atoms with Gasteiger partial charge in [0.05, 0.1) is 24.5 Å². The molecule has 1 aromatic carbocycles. The van der Waals surface area contributed by atoms with E-state index in [2.05, 4.69) is 0 Å². The average molecular weight is 325 g/mol. The van der Waals surface area contributed by atoms with Crippen LogP contribution < -0.4 is 0 Å². The van der Waals surface area contributed by atoms with E-state index in [1.165, 1.54) is 0 Å². The van der Waals surface area contributed by atoms with E-state index in [1.807, 2.05) is 31.2 Å². The molecule has 0 aliphatic carbocycles. The number of aryl methyl sites for hydroxylation is 1. The van der Waals surface area contributed by atoms with Gasteiger partial charge in [-0.05, 0) is 24.5 Å². The number of carbonyl (C=O) groups excluding carboxylic acids is 1. The third kappa shape index (κ3) is 4.30. The first-order chi connectivity index (χ1) is 10.4. The van der Waals surface area contributed by atoms with E-state index < -0.39 is 9.84 Å². The molecule has 22 heavy (non-hydrogen) atoms. The standard InChI is InChI=1S/C16H23NO4S/c1-13-5-3-4-6-14(13)11-16(18)17(8-9-21-2)15-7-10-22(19,20)12-15/h3-6,15H,7-12H2,1-2H3. The number of benzene rings is 1. The number of sulfone groups is 1. The Kier molecular flexibility index (Phi) is 5.58. The lowest BCUT2D eigenvalue weighted by Crippen LogP contribution is -2.43. The second-order valence-corrected chi connectivity index (χ2v) is 7.97. The molecule has 0 radical (unpaired) electrons. The molecule has 1 heterocycles. The Bertz CT molecular complexity index is 627. The maximum absolute atomic E-state index is 12.6. The van der Waals surface area contributed by atoms with Gasteiger partial charge in [-0.25, -0.2) is 8.42 Å². The van der Waals surface area contributed by atoms with Crippen LogP contribution in [0.2, 0.25) is 0 Å². The van der Waals surface area contributed by atoms with Crippen molar-refractivity contribution < 1.29 is 17.9 Å². The van der Waals surface area contributed by atoms with Crippen molar-refractivity contribution in [3.05, 3.63) is 35.4 Å². The number of ether oxygens (including phenoxy) is 1. The molecule has 1 aliphatic heterocycles. The van der Waals surface area contributed by atoms with Crippen molar-refractivity contribution in [2.24, 2.45) is 0 Å². The highest BCUT2D eigenvalue weighted by molar-refractivity contribution is 7.91. The first kappa shape index (κ1) is 17.0. The molecule has 0 bridgehead atoms. The molecule has 1 atom stereocenters. The molecule has 1 saturated heterocycles. The molecular weight excluding hydrogens is 302 g/mol. The third-order valence-electron chi connectivity index (χ3n) is 4.11. The number of carbonyl (C=O) groups is 1. The Labute approximate surface area is 132 Å². The molecule has 1 aliphatic rings. The van der Waals surface area contributed by atoms with Gasteiger partial charge in [0.2, 0.25) is 5.91 Å². The fourth-order valence-electron chi connectivity index (χ4n) is 2.79. The molecule has 1 aromatic rings. The van der Waals surface area contributed by atoms with E-state index >= 15 is 0 Å². The normalized spacial score (nSPS) is 20.0. The summed E-state index contributed by atoms with van der Waals surface area (Å²) in [7, 11) is -1.44. The summed E-state index contributed by atoms with van der Waals surface area (Å²) in [5, 5.41) is 0. The number of amides is 1. The van der Waals surface area contributed by atoms with Crippen molar-refractivity contribution in [1.29, 1.82) is 0 Å². The summed E-state index contributed by atoms with van der Waals surface area (Å²) in [5.41, 5.74) is 2.05. The van der Waals surface area contributed by atoms with Crippen molar-refractivity contribution in [3.63, 3.8) is 0 Å². The summed E-state index contributed by atoms with van der Waals surface area (Å²) in [6, 6.07) is 7.54. The molecular formula is C16H23NO4S. The molecule has 0 aromatic heterocycles. The average Bonchev–Trinajstić information content (AvgIpc) is 2.82. The number of hydrogen-bond acceptors (Lipinski definition) is 4. The molecule has 5 nitrogen and oxygen atoms in total. The molecule has 0 saturated carbocycles. The van der Waals surface area contributed by atoms with Gasteiger partial charge in [-0.15, -0.1) is 0 Å². The van der Waals surface area contributed by atoms with Crippen LogP contribution in [0.25, 0.3) is 0 Å². The molecule has 6 heteroatoms. The predicted octanol–water partition coefficient (Wildman–Crippen LogP) is 1.20. The summed E-state index contributed by atoms with van der Waals surface area (Å²) in [6.45, 7) is 2.82. The van der Waals surface area contributed by atoms with Crippen LogP contribution in [0, 0.1) is 6.92 Å². The zero-order valence-electron chi connectivity index (χ0n) is 13.1. The van der Waals surface area contributed by atoms with Gasteiger partial charge in [-0.2, -0.15) is 0 Å². The van der Waals surface area contributed by atoms with Crippen LogP contribution in [0.15, 0.2) is 24.3 Å². The largest absolute Gasteiger partial charge is 0.383 e. The number of rotatable bonds is 6. The van der Waals surface area contributed by atoms with Crippen molar-refractivity contribution in [1.82, 2.24) is 4.90 Å². The summed E-state index contributed by atoms with van der Waals surface area (Å²) in [4.78, 5) is 14.3. The van der Waals surface area contributed by atoms with E-state index in [1.54, 1.807) is 12.0 Å². The van der Waals surface area contributed by atoms with Crippen molar-refractivity contribution in [2.75, 3.05) is 31.8 Å². The first-order valence-electron chi connectivity index (χ1n) is 7.46. The van der Waals surface area contributed by atoms with Gasteiger partial charge in [0.1, 0.15) is 0 Å². The van der Waals surface area contributed by atoms with Crippen molar-refractivity contribution >= 4 is 15.7 Å². The van der Waals surface area contributed by atoms with Gasteiger partial charge in [0.25, 0.3) is 0 Å². The second-order valence-electron chi connectivity index (χ2n) is 5.74. The monoisotopic (exact) mass is 325 g/mol. The third-order valence-corrected chi connectivity index (χ3v) is 5.86. The minimum Gasteiger partial charge on any atom is -0.383 e. The number of hydrogen-bond donors (Lipinski definition) is 0. The van der Waals surface area contributed by atoms with Gasteiger partial charge in [-0.3, -0.25) is 4.79 Å². The Morgan fingerprint density at radius 1 is 1.36 bits per heavy atom. The smallest absolute Gasteiger partial charge is 0.227 e. The zero-order chi connectivity index (χ0) is 16.2. The second kappa shape index (κ2) is 7.24. The lowest BCUT2D eigenvalue weighted by Gasteiger charge is -2.28. The predicted molar refractivity (Wildman–Crippen MR) is 85.5 cm³/mol. The Hall–Kier alpha value is -1.40. The van der Waals surface area contributed by atoms with Gasteiger partial charge < -0.3 is 9.64 Å². The van der Waals surface area contributed by atoms with Crippen molar-refractivity contribution in [3.8, 4) is 0 Å². The molecule has 1 unspecified atom stereocenters. The van der Waals surface area contributed by atoms with Gasteiger partial charge >= 0.3 is 0 Å². The SMILES string of the molecule is COCCN(C(=O)Cc1ccccc1C)C1CCS(=O)(=O)C1. The van der Waals surface area contributed by atoms with Crippen LogP contribution >= 0.6 is 0 Å². The summed E-state index contributed by atoms with van der Waals surface area (Å²) in [6.07, 6.45) is 0.818. The van der Waals surface area contributed by atoms with Crippen LogP contribution in [0.4, 0.5) is 0 Å². The van der Waals surface area contributed by atoms with Crippen LogP contribution in [0.3, 0.4) is 0 Å². The maximum Gasteiger partial charge on any atom is 0.227 e. The van der Waals surface area contributed by atoms with E-state index in [0.29, 0.717) is 26.0 Å². The van der Waals surface area contributed by atoms with Gasteiger partial charge in [0, 0.05) is 19.7 Å². The molecule has 2 rings (SSSR count). The van der Waals surface area contributed by atoms with Crippen LogP contribution in [0.5, 0.6) is 0 Å². The van der Waals surface area contributed by atoms with Gasteiger partial charge in [0.15, 0.2) is 9.84 Å². The number of methoxy groups -OCH3 is 1. The molecule has 1 fully saturated rings. The highest BCUT2D eigenvalue weighted by Gasteiger charge is 2.34. The van der Waals surface area contributed by atoms with E-state index in [0.717, 1.165) is 11.1 Å². The molecule has 0 N–H and O–H groups in total. The topological polar surface area (TPSA) is 63.7 Å². The van der Waals surface area contributed by atoms with Crippen LogP contribution in [-0.2, 0) is 25.8 Å². The van der Waals surface area contributed by atoms with E-state index in [-0.39, 0.29) is 23.5 Å². The Morgan fingerprint density at radius 3 is 2.68 bits per heavy atom. The highest BCUT2D eigenvalue weighted by atomic mass is 32.2. The van der Waals surface area contributed by atoms with Crippen LogP contribution in [-0.4, -0.2) is 57.0 Å². The zero-order valence-corrected chi connectivity index (χ0v) is 13.9. The summed E-state index contributed by atoms with van der Waals surface area (Å²) in [5.74, 6) is 0.197. The maximum atomic E-state index is 12.6. The van der Waals surface area contributed by atoms with Gasteiger partial charge in [-0.1, -0.05) is 24.3 Å². The minimum absolute atomic E-state index is 0.0338. The molecule has 0 spiro atoms. The summed E-state index contributed by atoms with van der Waals surface area (Å²) >= 11 is 0. The Balaban J connectivity index is 2.11. The minimum atomic E-state index is -3.01. The fraction of sp³-hybridized carbons (Fsp3) is 0.562. The van der Waals surface area contributed by atoms with Crippen LogP contribution in [0.1, 0.15) is 17.5 Å². The lowest BCUT2D eigenvalue weighted by molar-refractivity contribution is -0.133. The van der Waals surface area contributed by atoms with E-state index in [4.69, 9.17) is 4.74 Å². The quantitative estimate of drug-likeness (QED) is 0.788. The van der Waals surface area contributed by atoms with Crippen molar-refractivity contribution in [2.45, 2.75) is 25.8 Å². The Morgan fingerprint density at radius 2 is 2.09 bits per heavy atom. The lowest BCUT2D eigenvalue weighted by atomic mass is 10.0. The molecule has 1 amide bonds.